The minimum atomic E-state index is -2.23. The lowest BCUT2D eigenvalue weighted by Gasteiger charge is -2.20. The number of thiophene rings is 1. The van der Waals surface area contributed by atoms with Crippen LogP contribution < -0.4 is 14.5 Å². The van der Waals surface area contributed by atoms with Gasteiger partial charge in [0, 0.05) is 50.8 Å². The van der Waals surface area contributed by atoms with Crippen molar-refractivity contribution in [1.29, 1.82) is 0 Å². The Kier molecular flexibility index (Phi) is 4.67. The molecule has 6 rings (SSSR count). The number of rotatable bonds is 4. The molecular formula is C31H29N3OS. The van der Waals surface area contributed by atoms with E-state index in [9.17, 15) is 0 Å². The summed E-state index contributed by atoms with van der Waals surface area (Å²) in [6, 6.07) is 28.0. The summed E-state index contributed by atoms with van der Waals surface area (Å²) in [6.45, 7) is 4.64. The van der Waals surface area contributed by atoms with E-state index < -0.39 is 6.98 Å². The Balaban J connectivity index is 1.31. The van der Waals surface area contributed by atoms with Crippen LogP contribution in [-0.4, -0.2) is 18.6 Å². The van der Waals surface area contributed by atoms with Crippen LogP contribution in [-0.2, 0) is 5.41 Å². The molecule has 0 amide bonds. The average Bonchev–Trinajstić information content (AvgIpc) is 3.50. The van der Waals surface area contributed by atoms with Crippen molar-refractivity contribution in [1.82, 2.24) is 4.98 Å². The molecule has 3 aromatic carbocycles. The largest absolute Gasteiger partial charge is 0.447 e. The van der Waals surface area contributed by atoms with Crippen LogP contribution in [0.3, 0.4) is 0 Å². The number of hydrogen-bond donors (Lipinski definition) is 0. The second kappa shape index (κ2) is 8.68. The van der Waals surface area contributed by atoms with Crippen molar-refractivity contribution in [2.75, 3.05) is 23.4 Å². The van der Waals surface area contributed by atoms with E-state index in [4.69, 9.17) is 8.85 Å². The molecule has 0 spiro atoms. The van der Waals surface area contributed by atoms with E-state index in [1.54, 1.807) is 11.3 Å². The lowest BCUT2D eigenvalue weighted by atomic mass is 9.87. The summed E-state index contributed by atoms with van der Waals surface area (Å²) in [5.74, 6) is 0.693. The summed E-state index contributed by atoms with van der Waals surface area (Å²) in [6.07, 6.45) is 1.88. The SMILES string of the molecule is [2H]C([2H])([2H])N1CN(c2cccc(Oc3cc4c(-c5cc(C(C)(C)C)ccn5)cccc4s3)c2)c2ccccc21. The zero-order valence-electron chi connectivity index (χ0n) is 23.5. The average molecular weight is 495 g/mol. The van der Waals surface area contributed by atoms with Gasteiger partial charge in [0.1, 0.15) is 5.75 Å². The Labute approximate surface area is 220 Å². The normalized spacial score (nSPS) is 14.9. The van der Waals surface area contributed by atoms with Crippen LogP contribution in [0.2, 0.25) is 0 Å². The highest BCUT2D eigenvalue weighted by atomic mass is 32.1. The highest BCUT2D eigenvalue weighted by molar-refractivity contribution is 7.20. The number of nitrogens with zero attached hydrogens (tertiary/aromatic N) is 3. The number of aromatic nitrogens is 1. The molecule has 0 aliphatic carbocycles. The third kappa shape index (κ3) is 4.10. The number of ether oxygens (including phenoxy) is 1. The topological polar surface area (TPSA) is 28.6 Å². The van der Waals surface area contributed by atoms with Crippen molar-refractivity contribution in [2.24, 2.45) is 0 Å². The number of para-hydroxylation sites is 2. The molecule has 180 valence electrons. The molecule has 1 aliphatic heterocycles. The van der Waals surface area contributed by atoms with E-state index in [0.29, 0.717) is 11.4 Å². The van der Waals surface area contributed by atoms with Crippen molar-refractivity contribution in [2.45, 2.75) is 26.2 Å². The molecule has 0 N–H and O–H groups in total. The molecule has 0 radical (unpaired) electrons. The van der Waals surface area contributed by atoms with Crippen LogP contribution in [0.15, 0.2) is 91.1 Å². The summed E-state index contributed by atoms with van der Waals surface area (Å²) in [5.41, 5.74) is 5.75. The molecule has 1 aliphatic rings. The number of benzene rings is 3. The molecule has 0 saturated carbocycles. The van der Waals surface area contributed by atoms with Gasteiger partial charge >= 0.3 is 0 Å². The number of fused-ring (bicyclic) bond motifs is 2. The summed E-state index contributed by atoms with van der Waals surface area (Å²) in [4.78, 5) is 8.13. The first-order chi connectivity index (χ1) is 18.6. The van der Waals surface area contributed by atoms with E-state index in [1.807, 2.05) is 59.6 Å². The smallest absolute Gasteiger partial charge is 0.182 e. The van der Waals surface area contributed by atoms with Crippen molar-refractivity contribution >= 4 is 38.5 Å². The molecule has 4 nitrogen and oxygen atoms in total. The lowest BCUT2D eigenvalue weighted by Crippen LogP contribution is -2.23. The Morgan fingerprint density at radius 2 is 1.75 bits per heavy atom. The molecule has 0 bridgehead atoms. The Morgan fingerprint density at radius 3 is 2.58 bits per heavy atom. The van der Waals surface area contributed by atoms with Crippen molar-refractivity contribution in [3.63, 3.8) is 0 Å². The van der Waals surface area contributed by atoms with Gasteiger partial charge in [-0.1, -0.05) is 62.4 Å². The minimum Gasteiger partial charge on any atom is -0.447 e. The number of hydrogen-bond acceptors (Lipinski definition) is 5. The maximum atomic E-state index is 7.98. The second-order valence-corrected chi connectivity index (χ2v) is 11.1. The summed E-state index contributed by atoms with van der Waals surface area (Å²) >= 11 is 1.59. The summed E-state index contributed by atoms with van der Waals surface area (Å²) in [7, 11) is 0. The maximum Gasteiger partial charge on any atom is 0.182 e. The highest BCUT2D eigenvalue weighted by Gasteiger charge is 2.24. The quantitative estimate of drug-likeness (QED) is 0.250. The highest BCUT2D eigenvalue weighted by Crippen LogP contribution is 2.42. The molecule has 0 saturated heterocycles. The van der Waals surface area contributed by atoms with Gasteiger partial charge in [0.25, 0.3) is 0 Å². The lowest BCUT2D eigenvalue weighted by molar-refractivity contribution is 0.497. The van der Waals surface area contributed by atoms with E-state index in [0.717, 1.165) is 37.8 Å². The van der Waals surface area contributed by atoms with Gasteiger partial charge in [-0.05, 0) is 53.4 Å². The second-order valence-electron chi connectivity index (χ2n) is 10.0. The Hall–Kier alpha value is -3.83. The molecule has 0 atom stereocenters. The molecule has 36 heavy (non-hydrogen) atoms. The van der Waals surface area contributed by atoms with Crippen LogP contribution >= 0.6 is 11.3 Å². The van der Waals surface area contributed by atoms with Crippen LogP contribution in [0.4, 0.5) is 17.1 Å². The molecule has 0 fully saturated rings. The fourth-order valence-electron chi connectivity index (χ4n) is 4.62. The van der Waals surface area contributed by atoms with Crippen LogP contribution in [0, 0.1) is 0 Å². The summed E-state index contributed by atoms with van der Waals surface area (Å²) in [5, 5.41) is 1.89. The van der Waals surface area contributed by atoms with Gasteiger partial charge < -0.3 is 14.5 Å². The first kappa shape index (κ1) is 19.4. The third-order valence-electron chi connectivity index (χ3n) is 6.53. The fraction of sp³-hybridized carbons (Fsp3) is 0.194. The van der Waals surface area contributed by atoms with Crippen molar-refractivity contribution in [3.05, 3.63) is 96.7 Å². The first-order valence-electron chi connectivity index (χ1n) is 13.5. The zero-order chi connectivity index (χ0) is 27.4. The van der Waals surface area contributed by atoms with Gasteiger partial charge in [-0.2, -0.15) is 0 Å². The van der Waals surface area contributed by atoms with E-state index in [1.165, 1.54) is 10.5 Å². The Bertz CT molecular complexity index is 1670. The molecule has 5 heteroatoms. The van der Waals surface area contributed by atoms with Gasteiger partial charge in [0.2, 0.25) is 0 Å². The van der Waals surface area contributed by atoms with Gasteiger partial charge in [-0.15, -0.1) is 0 Å². The molecular weight excluding hydrogens is 462 g/mol. The predicted octanol–water partition coefficient (Wildman–Crippen LogP) is 8.60. The van der Waals surface area contributed by atoms with Crippen LogP contribution in [0.25, 0.3) is 21.3 Å². The van der Waals surface area contributed by atoms with Crippen LogP contribution in [0.1, 0.15) is 30.4 Å². The minimum absolute atomic E-state index is 0.0376. The molecule has 2 aromatic heterocycles. The third-order valence-corrected chi connectivity index (χ3v) is 7.51. The van der Waals surface area contributed by atoms with Crippen LogP contribution in [0.5, 0.6) is 10.8 Å². The maximum absolute atomic E-state index is 7.98. The van der Waals surface area contributed by atoms with E-state index >= 15 is 0 Å². The monoisotopic (exact) mass is 494 g/mol. The van der Waals surface area contributed by atoms with Gasteiger partial charge in [-0.3, -0.25) is 4.98 Å². The molecule has 5 aromatic rings. The standard InChI is InChI=1S/C31H29N3OS/c1-31(2,3)21-15-16-32-26(17-21)24-11-8-14-29-25(24)19-30(36-29)35-23-10-7-9-22(18-23)34-20-33(4)27-12-5-6-13-28(27)34/h5-19H,20H2,1-4H3/i4D3. The van der Waals surface area contributed by atoms with E-state index in [-0.39, 0.29) is 12.1 Å². The predicted molar refractivity (Wildman–Crippen MR) is 152 cm³/mol. The fourth-order valence-corrected chi connectivity index (χ4v) is 5.58. The first-order valence-corrected chi connectivity index (χ1v) is 12.8. The Morgan fingerprint density at radius 1 is 0.917 bits per heavy atom. The molecule has 0 unspecified atom stereocenters. The summed E-state index contributed by atoms with van der Waals surface area (Å²) < 4.78 is 31.4. The van der Waals surface area contributed by atoms with Gasteiger partial charge in [-0.25, -0.2) is 0 Å². The van der Waals surface area contributed by atoms with E-state index in [2.05, 4.69) is 62.2 Å². The van der Waals surface area contributed by atoms with Gasteiger partial charge in [0.15, 0.2) is 5.06 Å². The van der Waals surface area contributed by atoms with Crippen molar-refractivity contribution < 1.29 is 8.85 Å². The van der Waals surface area contributed by atoms with Gasteiger partial charge in [0.05, 0.1) is 23.7 Å². The van der Waals surface area contributed by atoms with Crippen molar-refractivity contribution in [3.8, 4) is 22.1 Å². The molecule has 3 heterocycles. The number of anilines is 3. The zero-order valence-corrected chi connectivity index (χ0v) is 21.3. The number of pyridine rings is 1.